The normalized spacial score (nSPS) is 11.2. The van der Waals surface area contributed by atoms with Gasteiger partial charge in [0.05, 0.1) is 6.61 Å². The van der Waals surface area contributed by atoms with E-state index in [1.807, 2.05) is 23.9 Å². The molecule has 3 heteroatoms. The lowest BCUT2D eigenvalue weighted by atomic mass is 10.0. The molecule has 0 aliphatic carbocycles. The van der Waals surface area contributed by atoms with E-state index in [0.29, 0.717) is 0 Å². The van der Waals surface area contributed by atoms with Gasteiger partial charge in [-0.15, -0.1) is 0 Å². The molecular formula is C23H39FOS. The van der Waals surface area contributed by atoms with Gasteiger partial charge >= 0.3 is 0 Å². The van der Waals surface area contributed by atoms with Crippen LogP contribution in [0.2, 0.25) is 0 Å². The van der Waals surface area contributed by atoms with Gasteiger partial charge in [-0.3, -0.25) is 0 Å². The predicted molar refractivity (Wildman–Crippen MR) is 115 cm³/mol. The third kappa shape index (κ3) is 13.6. The predicted octanol–water partition coefficient (Wildman–Crippen LogP) is 7.43. The van der Waals surface area contributed by atoms with E-state index in [4.69, 9.17) is 4.74 Å². The van der Waals surface area contributed by atoms with Gasteiger partial charge in [0, 0.05) is 12.4 Å². The van der Waals surface area contributed by atoms with E-state index in [-0.39, 0.29) is 5.82 Å². The number of rotatable bonds is 18. The molecule has 1 nitrogen and oxygen atoms in total. The van der Waals surface area contributed by atoms with Gasteiger partial charge in [-0.25, -0.2) is 4.39 Å². The van der Waals surface area contributed by atoms with Crippen LogP contribution in [0.25, 0.3) is 0 Å². The zero-order chi connectivity index (χ0) is 18.7. The Hall–Kier alpha value is -0.540. The summed E-state index contributed by atoms with van der Waals surface area (Å²) in [5.41, 5.74) is 0.875. The second-order valence-electron chi connectivity index (χ2n) is 7.04. The SMILES string of the molecule is CCOCCSCCCCCCCCCCCCCc1ccccc1F. The molecule has 1 aromatic carbocycles. The van der Waals surface area contributed by atoms with Crippen molar-refractivity contribution in [3.63, 3.8) is 0 Å². The van der Waals surface area contributed by atoms with Crippen molar-refractivity contribution in [3.8, 4) is 0 Å². The highest BCUT2D eigenvalue weighted by Gasteiger charge is 2.00. The average Bonchev–Trinajstić information content (AvgIpc) is 2.65. The van der Waals surface area contributed by atoms with Gasteiger partial charge < -0.3 is 4.74 Å². The molecule has 0 aliphatic rings. The van der Waals surface area contributed by atoms with Gasteiger partial charge in [0.2, 0.25) is 0 Å². The van der Waals surface area contributed by atoms with Crippen LogP contribution >= 0.6 is 11.8 Å². The maximum atomic E-state index is 13.5. The molecule has 150 valence electrons. The van der Waals surface area contributed by atoms with E-state index in [0.717, 1.165) is 37.4 Å². The summed E-state index contributed by atoms with van der Waals surface area (Å²) in [5, 5.41) is 0. The number of aryl methyl sites for hydroxylation is 1. The summed E-state index contributed by atoms with van der Waals surface area (Å²) in [6.45, 7) is 3.80. The fourth-order valence-electron chi connectivity index (χ4n) is 3.18. The first-order valence-electron chi connectivity index (χ1n) is 10.7. The van der Waals surface area contributed by atoms with Gasteiger partial charge in [-0.1, -0.05) is 76.0 Å². The summed E-state index contributed by atoms with van der Waals surface area (Å²) in [4.78, 5) is 0. The number of benzene rings is 1. The minimum Gasteiger partial charge on any atom is -0.381 e. The van der Waals surface area contributed by atoms with Gasteiger partial charge in [-0.2, -0.15) is 11.8 Å². The molecule has 0 aliphatic heterocycles. The highest BCUT2D eigenvalue weighted by atomic mass is 32.2. The zero-order valence-corrected chi connectivity index (χ0v) is 17.6. The van der Waals surface area contributed by atoms with E-state index >= 15 is 0 Å². The van der Waals surface area contributed by atoms with Crippen LogP contribution in [0.4, 0.5) is 4.39 Å². The molecule has 26 heavy (non-hydrogen) atoms. The third-order valence-electron chi connectivity index (χ3n) is 4.77. The fourth-order valence-corrected chi connectivity index (χ4v) is 4.02. The maximum Gasteiger partial charge on any atom is 0.126 e. The number of unbranched alkanes of at least 4 members (excludes halogenated alkanes) is 10. The number of thioether (sulfide) groups is 1. The largest absolute Gasteiger partial charge is 0.381 e. The molecule has 0 spiro atoms. The summed E-state index contributed by atoms with van der Waals surface area (Å²) >= 11 is 2.03. The van der Waals surface area contributed by atoms with Crippen molar-refractivity contribution in [2.45, 2.75) is 84.0 Å². The lowest BCUT2D eigenvalue weighted by molar-refractivity contribution is 0.164. The molecular weight excluding hydrogens is 343 g/mol. The molecule has 0 unspecified atom stereocenters. The van der Waals surface area contributed by atoms with Gasteiger partial charge in [0.25, 0.3) is 0 Å². The molecule has 0 amide bonds. The second-order valence-corrected chi connectivity index (χ2v) is 8.26. The van der Waals surface area contributed by atoms with Crippen LogP contribution < -0.4 is 0 Å². The Morgan fingerprint density at radius 2 is 1.35 bits per heavy atom. The Bertz CT molecular complexity index is 424. The standard InChI is InChI=1S/C23H39FOS/c1-2-25-19-21-26-20-15-11-9-7-5-3-4-6-8-10-12-16-22-17-13-14-18-23(22)24/h13-14,17-18H,2-12,15-16,19-21H2,1H3. The number of halogens is 1. The molecule has 0 saturated carbocycles. The molecule has 1 aromatic rings. The molecule has 0 radical (unpaired) electrons. The monoisotopic (exact) mass is 382 g/mol. The smallest absolute Gasteiger partial charge is 0.126 e. The molecule has 0 saturated heterocycles. The first kappa shape index (κ1) is 23.5. The Morgan fingerprint density at radius 3 is 1.96 bits per heavy atom. The van der Waals surface area contributed by atoms with Gasteiger partial charge in [0.1, 0.15) is 5.82 Å². The summed E-state index contributed by atoms with van der Waals surface area (Å²) in [6, 6.07) is 7.17. The third-order valence-corrected chi connectivity index (χ3v) is 5.80. The topological polar surface area (TPSA) is 9.23 Å². The van der Waals surface area contributed by atoms with Crippen molar-refractivity contribution in [1.29, 1.82) is 0 Å². The highest BCUT2D eigenvalue weighted by Crippen LogP contribution is 2.15. The quantitative estimate of drug-likeness (QED) is 0.244. The number of hydrogen-bond acceptors (Lipinski definition) is 2. The van der Waals surface area contributed by atoms with Crippen LogP contribution in [0, 0.1) is 5.82 Å². The first-order valence-corrected chi connectivity index (χ1v) is 11.9. The molecule has 1 rings (SSSR count). The molecule has 0 fully saturated rings. The maximum absolute atomic E-state index is 13.5. The first-order chi connectivity index (χ1) is 12.8. The lowest BCUT2D eigenvalue weighted by Gasteiger charge is -2.04. The Labute approximate surface area is 165 Å². The highest BCUT2D eigenvalue weighted by molar-refractivity contribution is 7.99. The van der Waals surface area contributed by atoms with Crippen LogP contribution in [0.15, 0.2) is 24.3 Å². The van der Waals surface area contributed by atoms with E-state index in [1.165, 1.54) is 70.0 Å². The van der Waals surface area contributed by atoms with E-state index in [9.17, 15) is 4.39 Å². The minimum absolute atomic E-state index is 0.0448. The second kappa shape index (κ2) is 17.9. The van der Waals surface area contributed by atoms with Crippen LogP contribution in [-0.2, 0) is 11.2 Å². The van der Waals surface area contributed by atoms with Crippen LogP contribution in [0.5, 0.6) is 0 Å². The summed E-state index contributed by atoms with van der Waals surface area (Å²) < 4.78 is 18.8. The molecule has 0 atom stereocenters. The lowest BCUT2D eigenvalue weighted by Crippen LogP contribution is -1.96. The Kier molecular flexibility index (Phi) is 16.1. The van der Waals surface area contributed by atoms with Gasteiger partial charge in [-0.05, 0) is 43.6 Å². The van der Waals surface area contributed by atoms with Crippen LogP contribution in [-0.4, -0.2) is 24.7 Å². The fraction of sp³-hybridized carbons (Fsp3) is 0.739. The molecule has 0 heterocycles. The van der Waals surface area contributed by atoms with Crippen molar-refractivity contribution in [2.75, 3.05) is 24.7 Å². The summed E-state index contributed by atoms with van der Waals surface area (Å²) in [6.07, 6.45) is 15.6. The summed E-state index contributed by atoms with van der Waals surface area (Å²) in [5.74, 6) is 2.39. The minimum atomic E-state index is -0.0448. The number of hydrogen-bond donors (Lipinski definition) is 0. The number of ether oxygens (including phenoxy) is 1. The average molecular weight is 383 g/mol. The van der Waals surface area contributed by atoms with Crippen LogP contribution in [0.1, 0.15) is 83.1 Å². The molecule has 0 bridgehead atoms. The van der Waals surface area contributed by atoms with Crippen molar-refractivity contribution < 1.29 is 9.13 Å². The van der Waals surface area contributed by atoms with Gasteiger partial charge in [0.15, 0.2) is 0 Å². The molecule has 0 aromatic heterocycles. The van der Waals surface area contributed by atoms with Crippen molar-refractivity contribution in [1.82, 2.24) is 0 Å². The van der Waals surface area contributed by atoms with Crippen molar-refractivity contribution >= 4 is 11.8 Å². The Morgan fingerprint density at radius 1 is 0.769 bits per heavy atom. The van der Waals surface area contributed by atoms with E-state index in [1.54, 1.807) is 12.1 Å². The zero-order valence-electron chi connectivity index (χ0n) is 16.8. The van der Waals surface area contributed by atoms with Crippen molar-refractivity contribution in [3.05, 3.63) is 35.6 Å². The van der Waals surface area contributed by atoms with E-state index < -0.39 is 0 Å². The Balaban J connectivity index is 1.74. The molecule has 0 N–H and O–H groups in total. The van der Waals surface area contributed by atoms with Crippen LogP contribution in [0.3, 0.4) is 0 Å². The van der Waals surface area contributed by atoms with Crippen molar-refractivity contribution in [2.24, 2.45) is 0 Å². The summed E-state index contributed by atoms with van der Waals surface area (Å²) in [7, 11) is 0. The van der Waals surface area contributed by atoms with E-state index in [2.05, 4.69) is 6.92 Å².